The van der Waals surface area contributed by atoms with Gasteiger partial charge in [0.25, 0.3) is 0 Å². The summed E-state index contributed by atoms with van der Waals surface area (Å²) in [6, 6.07) is 3.62. The summed E-state index contributed by atoms with van der Waals surface area (Å²) in [6.45, 7) is 3.99. The molecule has 0 N–H and O–H groups in total. The van der Waals surface area contributed by atoms with Crippen molar-refractivity contribution in [1.29, 1.82) is 0 Å². The van der Waals surface area contributed by atoms with E-state index in [1.807, 2.05) is 13.0 Å². The molecule has 0 aliphatic heterocycles. The first-order valence-corrected chi connectivity index (χ1v) is 4.83. The van der Waals surface area contributed by atoms with E-state index in [0.717, 1.165) is 18.6 Å². The van der Waals surface area contributed by atoms with Gasteiger partial charge in [0.1, 0.15) is 5.76 Å². The maximum atomic E-state index is 11.7. The number of carbonyl (C=O) groups excluding carboxylic acids is 1. The van der Waals surface area contributed by atoms with Crippen molar-refractivity contribution in [3.8, 4) is 0 Å². The fraction of sp³-hybridized carbons (Fsp3) is 0.545. The van der Waals surface area contributed by atoms with Crippen LogP contribution in [0.2, 0.25) is 0 Å². The van der Waals surface area contributed by atoms with E-state index in [1.54, 1.807) is 6.07 Å². The molecule has 0 spiro atoms. The number of rotatable bonds is 3. The van der Waals surface area contributed by atoms with Crippen LogP contribution in [0, 0.1) is 18.8 Å². The molecule has 1 fully saturated rings. The lowest BCUT2D eigenvalue weighted by molar-refractivity contribution is 0.0932. The van der Waals surface area contributed by atoms with Crippen LogP contribution >= 0.6 is 0 Å². The van der Waals surface area contributed by atoms with Gasteiger partial charge in [-0.2, -0.15) is 0 Å². The predicted octanol–water partition coefficient (Wildman–Crippen LogP) is 2.82. The Bertz CT molecular complexity index is 325. The molecule has 2 heteroatoms. The molecule has 0 aromatic carbocycles. The predicted molar refractivity (Wildman–Crippen MR) is 49.7 cm³/mol. The molecule has 1 aromatic rings. The molecule has 0 bridgehead atoms. The summed E-state index contributed by atoms with van der Waals surface area (Å²) in [5.41, 5.74) is 0. The molecule has 1 heterocycles. The highest BCUT2D eigenvalue weighted by molar-refractivity contribution is 5.97. The molecule has 1 aromatic heterocycles. The first-order valence-electron chi connectivity index (χ1n) is 4.83. The quantitative estimate of drug-likeness (QED) is 0.666. The third kappa shape index (κ3) is 1.53. The van der Waals surface area contributed by atoms with Crippen LogP contribution in [0.1, 0.15) is 36.1 Å². The highest BCUT2D eigenvalue weighted by Crippen LogP contribution is 2.43. The van der Waals surface area contributed by atoms with Crippen LogP contribution in [0.3, 0.4) is 0 Å². The molecule has 0 saturated heterocycles. The third-order valence-corrected chi connectivity index (χ3v) is 2.77. The van der Waals surface area contributed by atoms with Crippen molar-refractivity contribution in [3.05, 3.63) is 23.7 Å². The van der Waals surface area contributed by atoms with Crippen molar-refractivity contribution >= 4 is 5.78 Å². The van der Waals surface area contributed by atoms with Crippen LogP contribution in [-0.4, -0.2) is 5.78 Å². The van der Waals surface area contributed by atoms with Gasteiger partial charge in [-0.15, -0.1) is 0 Å². The number of hydrogen-bond donors (Lipinski definition) is 0. The first kappa shape index (κ1) is 8.54. The van der Waals surface area contributed by atoms with Crippen molar-refractivity contribution < 1.29 is 9.21 Å². The highest BCUT2D eigenvalue weighted by Gasteiger charge is 2.42. The largest absolute Gasteiger partial charge is 0.458 e. The van der Waals surface area contributed by atoms with Gasteiger partial charge in [-0.25, -0.2) is 0 Å². The van der Waals surface area contributed by atoms with Crippen molar-refractivity contribution in [2.75, 3.05) is 0 Å². The van der Waals surface area contributed by atoms with Crippen LogP contribution in [0.25, 0.3) is 0 Å². The Morgan fingerprint density at radius 3 is 2.85 bits per heavy atom. The smallest absolute Gasteiger partial charge is 0.201 e. The summed E-state index contributed by atoms with van der Waals surface area (Å²) in [5.74, 6) is 2.41. The average molecular weight is 178 g/mol. The summed E-state index contributed by atoms with van der Waals surface area (Å²) in [4.78, 5) is 11.7. The second-order valence-electron chi connectivity index (χ2n) is 3.79. The van der Waals surface area contributed by atoms with Crippen LogP contribution < -0.4 is 0 Å². The summed E-state index contributed by atoms with van der Waals surface area (Å²) >= 11 is 0. The molecule has 0 amide bonds. The number of carbonyl (C=O) groups is 1. The van der Waals surface area contributed by atoms with Crippen LogP contribution in [-0.2, 0) is 0 Å². The SMILES string of the molecule is CC[C@@H]1C[C@H]1C(=O)c1ccc(C)o1. The Kier molecular flexibility index (Phi) is 1.98. The van der Waals surface area contributed by atoms with Crippen LogP contribution in [0.15, 0.2) is 16.5 Å². The van der Waals surface area contributed by atoms with Gasteiger partial charge < -0.3 is 4.42 Å². The van der Waals surface area contributed by atoms with E-state index in [2.05, 4.69) is 6.92 Å². The minimum Gasteiger partial charge on any atom is -0.458 e. The second-order valence-corrected chi connectivity index (χ2v) is 3.79. The Hall–Kier alpha value is -1.05. The Morgan fingerprint density at radius 2 is 2.38 bits per heavy atom. The summed E-state index contributed by atoms with van der Waals surface area (Å²) in [7, 11) is 0. The summed E-state index contributed by atoms with van der Waals surface area (Å²) < 4.78 is 5.29. The maximum Gasteiger partial charge on any atom is 0.201 e. The van der Waals surface area contributed by atoms with Gasteiger partial charge in [0.2, 0.25) is 5.78 Å². The lowest BCUT2D eigenvalue weighted by atomic mass is 10.1. The van der Waals surface area contributed by atoms with Gasteiger partial charge in [0, 0.05) is 5.92 Å². The molecular weight excluding hydrogens is 164 g/mol. The summed E-state index contributed by atoms with van der Waals surface area (Å²) in [5, 5.41) is 0. The Labute approximate surface area is 77.9 Å². The van der Waals surface area contributed by atoms with E-state index in [-0.39, 0.29) is 11.7 Å². The lowest BCUT2D eigenvalue weighted by Gasteiger charge is -1.93. The molecule has 13 heavy (non-hydrogen) atoms. The minimum atomic E-state index is 0.194. The Balaban J connectivity index is 2.07. The van der Waals surface area contributed by atoms with Crippen molar-refractivity contribution in [3.63, 3.8) is 0 Å². The molecule has 2 atom stereocenters. The monoisotopic (exact) mass is 178 g/mol. The molecule has 70 valence electrons. The van der Waals surface area contributed by atoms with E-state index in [9.17, 15) is 4.79 Å². The van der Waals surface area contributed by atoms with Gasteiger partial charge >= 0.3 is 0 Å². The normalized spacial score (nSPS) is 26.0. The van der Waals surface area contributed by atoms with Crippen molar-refractivity contribution in [2.24, 2.45) is 11.8 Å². The number of hydrogen-bond acceptors (Lipinski definition) is 2. The zero-order valence-corrected chi connectivity index (χ0v) is 8.04. The zero-order valence-electron chi connectivity index (χ0n) is 8.04. The Morgan fingerprint density at radius 1 is 1.62 bits per heavy atom. The zero-order chi connectivity index (χ0) is 9.42. The number of ketones is 1. The highest BCUT2D eigenvalue weighted by atomic mass is 16.3. The van der Waals surface area contributed by atoms with Gasteiger partial charge in [-0.1, -0.05) is 13.3 Å². The second kappa shape index (κ2) is 3.02. The molecular formula is C11H14O2. The number of aryl methyl sites for hydroxylation is 1. The fourth-order valence-electron chi connectivity index (χ4n) is 1.77. The molecule has 0 radical (unpaired) electrons. The van der Waals surface area contributed by atoms with Crippen molar-refractivity contribution in [1.82, 2.24) is 0 Å². The molecule has 0 unspecified atom stereocenters. The van der Waals surface area contributed by atoms with Gasteiger partial charge in [0.15, 0.2) is 5.76 Å². The summed E-state index contributed by atoms with van der Waals surface area (Å²) in [6.07, 6.45) is 2.16. The first-order chi connectivity index (χ1) is 6.22. The molecule has 2 nitrogen and oxygen atoms in total. The average Bonchev–Trinajstić information content (AvgIpc) is 2.80. The van der Waals surface area contributed by atoms with E-state index in [4.69, 9.17) is 4.42 Å². The molecule has 1 aliphatic rings. The van der Waals surface area contributed by atoms with Gasteiger partial charge in [-0.05, 0) is 31.4 Å². The molecule has 1 aliphatic carbocycles. The van der Waals surface area contributed by atoms with Crippen molar-refractivity contribution in [2.45, 2.75) is 26.7 Å². The van der Waals surface area contributed by atoms with E-state index < -0.39 is 0 Å². The van der Waals surface area contributed by atoms with Crippen LogP contribution in [0.4, 0.5) is 0 Å². The van der Waals surface area contributed by atoms with Crippen LogP contribution in [0.5, 0.6) is 0 Å². The van der Waals surface area contributed by atoms with Gasteiger partial charge in [0.05, 0.1) is 0 Å². The number of Topliss-reactive ketones (excluding diaryl/α,β-unsaturated/α-hetero) is 1. The van der Waals surface area contributed by atoms with Gasteiger partial charge in [-0.3, -0.25) is 4.79 Å². The topological polar surface area (TPSA) is 30.2 Å². The van der Waals surface area contributed by atoms with E-state index >= 15 is 0 Å². The van der Waals surface area contributed by atoms with E-state index in [1.165, 1.54) is 0 Å². The fourth-order valence-corrected chi connectivity index (χ4v) is 1.77. The molecule has 2 rings (SSSR count). The van der Waals surface area contributed by atoms with E-state index in [0.29, 0.717) is 11.7 Å². The maximum absolute atomic E-state index is 11.7. The number of furan rings is 1. The lowest BCUT2D eigenvalue weighted by Crippen LogP contribution is -2.01. The molecule has 1 saturated carbocycles. The standard InChI is InChI=1S/C11H14O2/c1-3-8-6-9(8)11(12)10-5-4-7(2)13-10/h4-5,8-9H,3,6H2,1-2H3/t8-,9-/m1/s1. The third-order valence-electron chi connectivity index (χ3n) is 2.77. The minimum absolute atomic E-state index is 0.194.